The Labute approximate surface area is 145 Å². The van der Waals surface area contributed by atoms with E-state index in [1.165, 1.54) is 11.3 Å². The molecule has 0 aliphatic rings. The zero-order valence-corrected chi connectivity index (χ0v) is 16.1. The highest BCUT2D eigenvalue weighted by atomic mass is 79.9. The SMILES string of the molecule is Cn1nccc1CCC(CBr)(CBr)c1ccc(Br)cc1. The van der Waals surface area contributed by atoms with Crippen LogP contribution >= 0.6 is 47.8 Å². The van der Waals surface area contributed by atoms with E-state index in [1.54, 1.807) is 0 Å². The van der Waals surface area contributed by atoms with Crippen LogP contribution in [-0.4, -0.2) is 20.4 Å². The van der Waals surface area contributed by atoms with Crippen molar-refractivity contribution in [2.75, 3.05) is 10.7 Å². The second kappa shape index (κ2) is 7.23. The second-order valence-electron chi connectivity index (χ2n) is 5.00. The summed E-state index contributed by atoms with van der Waals surface area (Å²) in [5, 5.41) is 6.11. The number of aryl methyl sites for hydroxylation is 2. The van der Waals surface area contributed by atoms with Gasteiger partial charge >= 0.3 is 0 Å². The molecule has 0 bridgehead atoms. The number of nitrogens with zero attached hydrogens (tertiary/aromatic N) is 2. The van der Waals surface area contributed by atoms with Gasteiger partial charge in [0.25, 0.3) is 0 Å². The van der Waals surface area contributed by atoms with Crippen LogP contribution in [0.1, 0.15) is 17.7 Å². The zero-order chi connectivity index (χ0) is 14.6. The second-order valence-corrected chi connectivity index (χ2v) is 7.04. The molecule has 2 nitrogen and oxygen atoms in total. The first-order chi connectivity index (χ1) is 9.61. The van der Waals surface area contributed by atoms with E-state index in [0.717, 1.165) is 28.0 Å². The maximum absolute atomic E-state index is 4.24. The van der Waals surface area contributed by atoms with Crippen LogP contribution in [0.2, 0.25) is 0 Å². The number of hydrogen-bond donors (Lipinski definition) is 0. The number of rotatable bonds is 6. The van der Waals surface area contributed by atoms with Gasteiger partial charge in [-0.3, -0.25) is 4.68 Å². The molecule has 0 fully saturated rings. The molecular weight excluding hydrogens is 448 g/mol. The van der Waals surface area contributed by atoms with Gasteiger partial charge in [-0.2, -0.15) is 5.10 Å². The minimum Gasteiger partial charge on any atom is -0.273 e. The van der Waals surface area contributed by atoms with Gasteiger partial charge in [-0.25, -0.2) is 0 Å². The largest absolute Gasteiger partial charge is 0.273 e. The van der Waals surface area contributed by atoms with Gasteiger partial charge in [-0.05, 0) is 36.6 Å². The summed E-state index contributed by atoms with van der Waals surface area (Å²) in [6, 6.07) is 10.7. The van der Waals surface area contributed by atoms with Crippen LogP contribution in [-0.2, 0) is 18.9 Å². The number of benzene rings is 1. The van der Waals surface area contributed by atoms with E-state index in [1.807, 2.05) is 17.9 Å². The Bertz CT molecular complexity index is 545. The molecule has 2 rings (SSSR count). The predicted molar refractivity (Wildman–Crippen MR) is 94.9 cm³/mol. The Morgan fingerprint density at radius 2 is 1.75 bits per heavy atom. The van der Waals surface area contributed by atoms with Crippen LogP contribution in [0.4, 0.5) is 0 Å². The van der Waals surface area contributed by atoms with E-state index in [4.69, 9.17) is 0 Å². The molecule has 0 aliphatic heterocycles. The van der Waals surface area contributed by atoms with Gasteiger partial charge in [0.15, 0.2) is 0 Å². The lowest BCUT2D eigenvalue weighted by Crippen LogP contribution is -2.31. The Hall–Kier alpha value is -0.130. The molecule has 1 heterocycles. The van der Waals surface area contributed by atoms with Gasteiger partial charge in [-0.15, -0.1) is 0 Å². The van der Waals surface area contributed by atoms with Gasteiger partial charge in [0.2, 0.25) is 0 Å². The summed E-state index contributed by atoms with van der Waals surface area (Å²) >= 11 is 10.9. The summed E-state index contributed by atoms with van der Waals surface area (Å²) in [7, 11) is 2.00. The molecule has 1 aromatic heterocycles. The summed E-state index contributed by atoms with van der Waals surface area (Å²) in [6.45, 7) is 0. The zero-order valence-electron chi connectivity index (χ0n) is 11.3. The van der Waals surface area contributed by atoms with Crippen molar-refractivity contribution in [3.8, 4) is 0 Å². The Morgan fingerprint density at radius 3 is 2.25 bits per heavy atom. The molecule has 108 valence electrons. The van der Waals surface area contributed by atoms with Crippen LogP contribution in [0, 0.1) is 0 Å². The highest BCUT2D eigenvalue weighted by molar-refractivity contribution is 9.10. The fourth-order valence-corrected chi connectivity index (χ4v) is 4.69. The van der Waals surface area contributed by atoms with Crippen molar-refractivity contribution in [2.45, 2.75) is 18.3 Å². The standard InChI is InChI=1S/C15H17Br3N2/c1-20-14(7-9-19-20)6-8-15(10-16,11-17)12-2-4-13(18)5-3-12/h2-5,7,9H,6,8,10-11H2,1H3. The molecule has 0 atom stereocenters. The van der Waals surface area contributed by atoms with E-state index in [2.05, 4.69) is 83.2 Å². The Kier molecular flexibility index (Phi) is 5.87. The summed E-state index contributed by atoms with van der Waals surface area (Å²) < 4.78 is 3.07. The van der Waals surface area contributed by atoms with Crippen molar-refractivity contribution < 1.29 is 0 Å². The van der Waals surface area contributed by atoms with Crippen LogP contribution in [0.5, 0.6) is 0 Å². The first-order valence-corrected chi connectivity index (χ1v) is 9.50. The van der Waals surface area contributed by atoms with Crippen LogP contribution in [0.25, 0.3) is 0 Å². The maximum atomic E-state index is 4.24. The monoisotopic (exact) mass is 462 g/mol. The molecule has 0 amide bonds. The van der Waals surface area contributed by atoms with Crippen LogP contribution in [0.3, 0.4) is 0 Å². The number of aromatic nitrogens is 2. The molecule has 0 unspecified atom stereocenters. The van der Waals surface area contributed by atoms with Gasteiger partial charge < -0.3 is 0 Å². The predicted octanol–water partition coefficient (Wildman–Crippen LogP) is 4.84. The fourth-order valence-electron chi connectivity index (χ4n) is 2.29. The van der Waals surface area contributed by atoms with E-state index in [0.29, 0.717) is 0 Å². The molecule has 1 aromatic carbocycles. The Morgan fingerprint density at radius 1 is 1.10 bits per heavy atom. The summed E-state index contributed by atoms with van der Waals surface area (Å²) in [5.74, 6) is 0. The van der Waals surface area contributed by atoms with E-state index >= 15 is 0 Å². The molecule has 0 N–H and O–H groups in total. The van der Waals surface area contributed by atoms with Crippen LogP contribution < -0.4 is 0 Å². The van der Waals surface area contributed by atoms with E-state index in [9.17, 15) is 0 Å². The molecule has 0 spiro atoms. The molecule has 20 heavy (non-hydrogen) atoms. The highest BCUT2D eigenvalue weighted by Crippen LogP contribution is 2.34. The third kappa shape index (κ3) is 3.55. The number of hydrogen-bond acceptors (Lipinski definition) is 1. The van der Waals surface area contributed by atoms with Crippen molar-refractivity contribution in [1.82, 2.24) is 9.78 Å². The average molecular weight is 465 g/mol. The van der Waals surface area contributed by atoms with Gasteiger partial charge in [0.05, 0.1) is 0 Å². The summed E-state index contributed by atoms with van der Waals surface area (Å²) in [6.07, 6.45) is 3.95. The summed E-state index contributed by atoms with van der Waals surface area (Å²) in [5.41, 5.74) is 2.73. The molecule has 0 radical (unpaired) electrons. The van der Waals surface area contributed by atoms with Crippen molar-refractivity contribution in [1.29, 1.82) is 0 Å². The first-order valence-electron chi connectivity index (χ1n) is 6.46. The lowest BCUT2D eigenvalue weighted by molar-refractivity contribution is 0.494. The molecule has 5 heteroatoms. The lowest BCUT2D eigenvalue weighted by atomic mass is 9.80. The average Bonchev–Trinajstić information content (AvgIpc) is 2.88. The normalized spacial score (nSPS) is 11.8. The van der Waals surface area contributed by atoms with E-state index in [-0.39, 0.29) is 5.41 Å². The van der Waals surface area contributed by atoms with Crippen molar-refractivity contribution >= 4 is 47.8 Å². The lowest BCUT2D eigenvalue weighted by Gasteiger charge is -2.31. The highest BCUT2D eigenvalue weighted by Gasteiger charge is 2.30. The number of alkyl halides is 2. The smallest absolute Gasteiger partial charge is 0.0492 e. The van der Waals surface area contributed by atoms with Crippen molar-refractivity contribution in [2.24, 2.45) is 7.05 Å². The van der Waals surface area contributed by atoms with Gasteiger partial charge in [0, 0.05) is 39.5 Å². The molecule has 0 saturated heterocycles. The number of halogens is 3. The Balaban J connectivity index is 2.21. The third-order valence-corrected chi connectivity index (χ3v) is 6.43. The topological polar surface area (TPSA) is 17.8 Å². The van der Waals surface area contributed by atoms with Crippen molar-refractivity contribution in [3.63, 3.8) is 0 Å². The molecular formula is C15H17Br3N2. The fraction of sp³-hybridized carbons (Fsp3) is 0.400. The minimum atomic E-state index is 0.102. The van der Waals surface area contributed by atoms with Crippen LogP contribution in [0.15, 0.2) is 41.0 Å². The first kappa shape index (κ1) is 16.2. The summed E-state index contributed by atoms with van der Waals surface area (Å²) in [4.78, 5) is 0. The minimum absolute atomic E-state index is 0.102. The third-order valence-electron chi connectivity index (χ3n) is 3.75. The quantitative estimate of drug-likeness (QED) is 0.559. The van der Waals surface area contributed by atoms with E-state index < -0.39 is 0 Å². The molecule has 0 saturated carbocycles. The molecule has 0 aliphatic carbocycles. The maximum Gasteiger partial charge on any atom is 0.0492 e. The van der Waals surface area contributed by atoms with Gasteiger partial charge in [0.1, 0.15) is 0 Å². The van der Waals surface area contributed by atoms with Gasteiger partial charge in [-0.1, -0.05) is 59.9 Å². The van der Waals surface area contributed by atoms with Crippen molar-refractivity contribution in [3.05, 3.63) is 52.3 Å². The molecule has 2 aromatic rings.